The van der Waals surface area contributed by atoms with E-state index in [2.05, 4.69) is 0 Å². The maximum absolute atomic E-state index is 12.4. The van der Waals surface area contributed by atoms with Crippen LogP contribution in [0.5, 0.6) is 0 Å². The van der Waals surface area contributed by atoms with E-state index in [0.717, 1.165) is 10.6 Å². The first-order valence-electron chi connectivity index (χ1n) is 3.09. The van der Waals surface area contributed by atoms with Crippen LogP contribution in [0, 0.1) is 0 Å². The minimum absolute atomic E-state index is 0.0405. The molecule has 1 aliphatic rings. The molecule has 0 aromatic carbocycles. The minimum atomic E-state index is -3.14. The van der Waals surface area contributed by atoms with E-state index in [9.17, 15) is 12.8 Å². The first kappa shape index (κ1) is 7.94. The summed E-state index contributed by atoms with van der Waals surface area (Å²) in [5.74, 6) is 0. The van der Waals surface area contributed by atoms with Crippen LogP contribution >= 0.6 is 0 Å². The van der Waals surface area contributed by atoms with E-state index >= 15 is 0 Å². The molecule has 0 spiro atoms. The molecule has 1 aliphatic heterocycles. The molecule has 0 bridgehead atoms. The largest absolute Gasteiger partial charge is 0.246 e. The van der Waals surface area contributed by atoms with Gasteiger partial charge < -0.3 is 0 Å². The molecule has 1 saturated heterocycles. The summed E-state index contributed by atoms with van der Waals surface area (Å²) >= 11 is 0. The number of nitrogens with zero attached hydrogens (tertiary/aromatic N) is 1. The lowest BCUT2D eigenvalue weighted by Gasteiger charge is -2.09. The molecule has 0 radical (unpaired) electrons. The molecular formula is C5H10FNO2S. The van der Waals surface area contributed by atoms with Crippen LogP contribution in [0.25, 0.3) is 0 Å². The topological polar surface area (TPSA) is 37.4 Å². The van der Waals surface area contributed by atoms with Gasteiger partial charge in [0.05, 0.1) is 6.26 Å². The van der Waals surface area contributed by atoms with Crippen LogP contribution in [0.3, 0.4) is 0 Å². The predicted octanol–water partition coefficient (Wildman–Crippen LogP) is -0.0102. The van der Waals surface area contributed by atoms with E-state index in [4.69, 9.17) is 0 Å². The summed E-state index contributed by atoms with van der Waals surface area (Å²) in [6.07, 6.45) is 0.479. The molecule has 0 aromatic rings. The van der Waals surface area contributed by atoms with Crippen molar-refractivity contribution in [3.8, 4) is 0 Å². The van der Waals surface area contributed by atoms with Crippen LogP contribution in [0.2, 0.25) is 0 Å². The highest BCUT2D eigenvalue weighted by molar-refractivity contribution is 7.88. The van der Waals surface area contributed by atoms with Gasteiger partial charge in [-0.3, -0.25) is 0 Å². The highest BCUT2D eigenvalue weighted by Crippen LogP contribution is 2.14. The molecule has 0 aromatic heterocycles. The van der Waals surface area contributed by atoms with Gasteiger partial charge in [-0.15, -0.1) is 0 Å². The fourth-order valence-corrected chi connectivity index (χ4v) is 1.86. The molecular weight excluding hydrogens is 157 g/mol. The molecule has 0 saturated carbocycles. The SMILES string of the molecule is CS(=O)(=O)N1CC[C@H](F)C1. The Labute approximate surface area is 59.9 Å². The smallest absolute Gasteiger partial charge is 0.211 e. The number of hydrogen-bond donors (Lipinski definition) is 0. The van der Waals surface area contributed by atoms with Gasteiger partial charge in [0.2, 0.25) is 10.0 Å². The summed E-state index contributed by atoms with van der Waals surface area (Å²) in [5.41, 5.74) is 0. The van der Waals surface area contributed by atoms with Gasteiger partial charge >= 0.3 is 0 Å². The zero-order valence-corrected chi connectivity index (χ0v) is 6.57. The Kier molecular flexibility index (Phi) is 1.96. The van der Waals surface area contributed by atoms with Crippen molar-refractivity contribution < 1.29 is 12.8 Å². The Bertz CT molecular complexity index is 214. The molecule has 1 heterocycles. The summed E-state index contributed by atoms with van der Waals surface area (Å²) in [4.78, 5) is 0. The van der Waals surface area contributed by atoms with E-state index in [1.807, 2.05) is 0 Å². The quantitative estimate of drug-likeness (QED) is 0.551. The Morgan fingerprint density at radius 3 is 2.40 bits per heavy atom. The number of sulfonamides is 1. The summed E-state index contributed by atoms with van der Waals surface area (Å²) < 4.78 is 35.0. The molecule has 1 atom stereocenters. The third-order valence-electron chi connectivity index (χ3n) is 1.56. The summed E-state index contributed by atoms with van der Waals surface area (Å²) in [6.45, 7) is 0.374. The number of hydrogen-bond acceptors (Lipinski definition) is 2. The molecule has 5 heteroatoms. The number of halogens is 1. The second kappa shape index (κ2) is 2.47. The zero-order valence-electron chi connectivity index (χ0n) is 5.75. The molecule has 1 fully saturated rings. The van der Waals surface area contributed by atoms with Crippen molar-refractivity contribution in [2.24, 2.45) is 0 Å². The second-order valence-corrected chi connectivity index (χ2v) is 4.49. The van der Waals surface area contributed by atoms with Crippen LogP contribution < -0.4 is 0 Å². The Morgan fingerprint density at radius 2 is 2.20 bits per heavy atom. The molecule has 0 N–H and O–H groups in total. The second-order valence-electron chi connectivity index (χ2n) is 2.51. The monoisotopic (exact) mass is 167 g/mol. The maximum Gasteiger partial charge on any atom is 0.211 e. The van der Waals surface area contributed by atoms with Crippen LogP contribution in [0.4, 0.5) is 4.39 Å². The van der Waals surface area contributed by atoms with Crippen molar-refractivity contribution in [3.05, 3.63) is 0 Å². The van der Waals surface area contributed by atoms with E-state index < -0.39 is 16.2 Å². The van der Waals surface area contributed by atoms with Crippen molar-refractivity contribution in [3.63, 3.8) is 0 Å². The van der Waals surface area contributed by atoms with Crippen LogP contribution in [-0.4, -0.2) is 38.2 Å². The Balaban J connectivity index is 2.62. The van der Waals surface area contributed by atoms with Crippen LogP contribution in [0.15, 0.2) is 0 Å². The highest BCUT2D eigenvalue weighted by Gasteiger charge is 2.27. The standard InChI is InChI=1S/C5H10FNO2S/c1-10(8,9)7-3-2-5(6)4-7/h5H,2-4H2,1H3/t5-/m0/s1. The summed E-state index contributed by atoms with van der Waals surface area (Å²) in [6, 6.07) is 0. The van der Waals surface area contributed by atoms with Gasteiger partial charge in [0.1, 0.15) is 6.17 Å². The molecule has 1 rings (SSSR count). The Hall–Kier alpha value is -0.160. The Morgan fingerprint density at radius 1 is 1.60 bits per heavy atom. The van der Waals surface area contributed by atoms with Gasteiger partial charge in [0.15, 0.2) is 0 Å². The van der Waals surface area contributed by atoms with Crippen molar-refractivity contribution in [1.29, 1.82) is 0 Å². The van der Waals surface area contributed by atoms with E-state index in [1.165, 1.54) is 0 Å². The maximum atomic E-state index is 12.4. The zero-order chi connectivity index (χ0) is 7.78. The third kappa shape index (κ3) is 1.67. The van der Waals surface area contributed by atoms with Gasteiger partial charge in [-0.1, -0.05) is 0 Å². The van der Waals surface area contributed by atoms with Gasteiger partial charge in [0.25, 0.3) is 0 Å². The molecule has 0 aliphatic carbocycles. The first-order valence-corrected chi connectivity index (χ1v) is 4.94. The lowest BCUT2D eigenvalue weighted by molar-refractivity contribution is 0.343. The number of alkyl halides is 1. The van der Waals surface area contributed by atoms with Crippen molar-refractivity contribution >= 4 is 10.0 Å². The predicted molar refractivity (Wildman–Crippen MR) is 35.9 cm³/mol. The van der Waals surface area contributed by atoms with Gasteiger partial charge in [0, 0.05) is 13.1 Å². The van der Waals surface area contributed by atoms with E-state index in [1.54, 1.807) is 0 Å². The van der Waals surface area contributed by atoms with Gasteiger partial charge in [-0.05, 0) is 6.42 Å². The van der Waals surface area contributed by atoms with Crippen LogP contribution in [0.1, 0.15) is 6.42 Å². The fourth-order valence-electron chi connectivity index (χ4n) is 0.989. The summed E-state index contributed by atoms with van der Waals surface area (Å²) in [7, 11) is -3.14. The van der Waals surface area contributed by atoms with Crippen LogP contribution in [-0.2, 0) is 10.0 Å². The molecule has 3 nitrogen and oxygen atoms in total. The first-order chi connectivity index (χ1) is 4.50. The van der Waals surface area contributed by atoms with Gasteiger partial charge in [-0.2, -0.15) is 4.31 Å². The van der Waals surface area contributed by atoms with E-state index in [0.29, 0.717) is 13.0 Å². The normalized spacial score (nSPS) is 29.2. The van der Waals surface area contributed by atoms with Crippen molar-refractivity contribution in [1.82, 2.24) is 4.31 Å². The highest BCUT2D eigenvalue weighted by atomic mass is 32.2. The molecule has 10 heavy (non-hydrogen) atoms. The third-order valence-corrected chi connectivity index (χ3v) is 2.83. The fraction of sp³-hybridized carbons (Fsp3) is 1.00. The molecule has 0 amide bonds. The van der Waals surface area contributed by atoms with Crippen molar-refractivity contribution in [2.75, 3.05) is 19.3 Å². The minimum Gasteiger partial charge on any atom is -0.246 e. The lowest BCUT2D eigenvalue weighted by Crippen LogP contribution is -2.27. The number of rotatable bonds is 1. The van der Waals surface area contributed by atoms with Crippen molar-refractivity contribution in [2.45, 2.75) is 12.6 Å². The lowest BCUT2D eigenvalue weighted by atomic mass is 10.4. The molecule has 0 unspecified atom stereocenters. The summed E-state index contributed by atoms with van der Waals surface area (Å²) in [5, 5.41) is 0. The average Bonchev–Trinajstić information content (AvgIpc) is 2.11. The van der Waals surface area contributed by atoms with E-state index in [-0.39, 0.29) is 6.54 Å². The molecule has 60 valence electrons. The average molecular weight is 167 g/mol. The van der Waals surface area contributed by atoms with Gasteiger partial charge in [-0.25, -0.2) is 12.8 Å².